The Labute approximate surface area is 184 Å². The fourth-order valence-electron chi connectivity index (χ4n) is 3.57. The summed E-state index contributed by atoms with van der Waals surface area (Å²) in [5.74, 6) is 1.52. The van der Waals surface area contributed by atoms with Crippen LogP contribution in [0.15, 0.2) is 59.0 Å². The Morgan fingerprint density at radius 1 is 1.13 bits per heavy atom. The van der Waals surface area contributed by atoms with Gasteiger partial charge in [-0.1, -0.05) is 30.3 Å². The number of hydrogen-bond acceptors (Lipinski definition) is 6. The number of aliphatic hydroxyl groups is 1. The number of benzene rings is 2. The molecule has 6 nitrogen and oxygen atoms in total. The molecule has 4 aromatic rings. The Bertz CT molecular complexity index is 1240. The highest BCUT2D eigenvalue weighted by atomic mass is 32.1. The van der Waals surface area contributed by atoms with Gasteiger partial charge in [0.05, 0.1) is 25.4 Å². The number of hydrogen-bond donors (Lipinski definition) is 1. The van der Waals surface area contributed by atoms with E-state index < -0.39 is 6.10 Å². The average Bonchev–Trinajstić information content (AvgIpc) is 3.20. The van der Waals surface area contributed by atoms with E-state index >= 15 is 0 Å². The Balaban J connectivity index is 1.57. The maximum atomic E-state index is 13.2. The monoisotopic (exact) mass is 436 g/mol. The predicted octanol–water partition coefficient (Wildman–Crippen LogP) is 4.19. The molecule has 0 saturated carbocycles. The van der Waals surface area contributed by atoms with Gasteiger partial charge in [0, 0.05) is 10.9 Å². The first-order chi connectivity index (χ1) is 15.0. The van der Waals surface area contributed by atoms with Gasteiger partial charge in [0.2, 0.25) is 0 Å². The standard InChI is InChI=1S/C24H24N2O4S/c1-15-5-4-6-16(2)22(15)30-12-18(27)11-26-14-25-23-21(24(26)28)20(13-31-23)17-7-9-19(29-3)10-8-17/h4-10,13-14,18,27H,11-12H2,1-3H3. The molecule has 2 aromatic carbocycles. The normalized spacial score (nSPS) is 12.1. The third kappa shape index (κ3) is 4.33. The molecule has 1 N–H and O–H groups in total. The van der Waals surface area contributed by atoms with Crippen molar-refractivity contribution in [1.29, 1.82) is 0 Å². The lowest BCUT2D eigenvalue weighted by molar-refractivity contribution is 0.0908. The lowest BCUT2D eigenvalue weighted by Crippen LogP contribution is -2.30. The van der Waals surface area contributed by atoms with Gasteiger partial charge in [-0.25, -0.2) is 4.98 Å². The second kappa shape index (κ2) is 8.91. The third-order valence-electron chi connectivity index (χ3n) is 5.20. The van der Waals surface area contributed by atoms with Crippen LogP contribution in [0.5, 0.6) is 11.5 Å². The number of para-hydroxylation sites is 1. The first kappa shape index (κ1) is 21.1. The van der Waals surface area contributed by atoms with Gasteiger partial charge < -0.3 is 14.6 Å². The van der Waals surface area contributed by atoms with Crippen molar-refractivity contribution >= 4 is 21.6 Å². The lowest BCUT2D eigenvalue weighted by Gasteiger charge is -2.16. The SMILES string of the molecule is COc1ccc(-c2csc3ncn(CC(O)COc4c(C)cccc4C)c(=O)c23)cc1. The van der Waals surface area contributed by atoms with Crippen LogP contribution in [0.2, 0.25) is 0 Å². The van der Waals surface area contributed by atoms with Crippen molar-refractivity contribution in [3.63, 3.8) is 0 Å². The maximum absolute atomic E-state index is 13.2. The molecule has 2 heterocycles. The summed E-state index contributed by atoms with van der Waals surface area (Å²) in [6.07, 6.45) is 0.639. The summed E-state index contributed by atoms with van der Waals surface area (Å²) in [4.78, 5) is 18.3. The van der Waals surface area contributed by atoms with Gasteiger partial charge in [-0.15, -0.1) is 11.3 Å². The molecule has 31 heavy (non-hydrogen) atoms. The third-order valence-corrected chi connectivity index (χ3v) is 6.08. The Hall–Kier alpha value is -3.16. The molecule has 1 atom stereocenters. The van der Waals surface area contributed by atoms with Crippen molar-refractivity contribution in [2.24, 2.45) is 0 Å². The van der Waals surface area contributed by atoms with Crippen molar-refractivity contribution < 1.29 is 14.6 Å². The highest BCUT2D eigenvalue weighted by molar-refractivity contribution is 7.17. The summed E-state index contributed by atoms with van der Waals surface area (Å²) in [6.45, 7) is 4.12. The first-order valence-corrected chi connectivity index (χ1v) is 10.8. The zero-order chi connectivity index (χ0) is 22.0. The second-order valence-corrected chi connectivity index (χ2v) is 8.30. The fourth-order valence-corrected chi connectivity index (χ4v) is 4.47. The molecule has 0 aliphatic rings. The highest BCUT2D eigenvalue weighted by Crippen LogP contribution is 2.31. The molecule has 4 rings (SSSR count). The summed E-state index contributed by atoms with van der Waals surface area (Å²) in [6, 6.07) is 13.5. The number of aliphatic hydroxyl groups excluding tert-OH is 1. The number of rotatable bonds is 7. The van der Waals surface area contributed by atoms with Gasteiger partial charge in [0.25, 0.3) is 5.56 Å². The van der Waals surface area contributed by atoms with Crippen LogP contribution in [-0.4, -0.2) is 34.5 Å². The second-order valence-electron chi connectivity index (χ2n) is 7.45. The smallest absolute Gasteiger partial charge is 0.262 e. The minimum absolute atomic E-state index is 0.0884. The zero-order valence-corrected chi connectivity index (χ0v) is 18.5. The van der Waals surface area contributed by atoms with Crippen molar-refractivity contribution in [3.8, 4) is 22.6 Å². The van der Waals surface area contributed by atoms with Crippen molar-refractivity contribution in [2.75, 3.05) is 13.7 Å². The molecule has 1 unspecified atom stereocenters. The maximum Gasteiger partial charge on any atom is 0.262 e. The van der Waals surface area contributed by atoms with E-state index in [1.807, 2.05) is 61.7 Å². The molecular formula is C24H24N2O4S. The average molecular weight is 437 g/mol. The molecule has 2 aromatic heterocycles. The van der Waals surface area contributed by atoms with E-state index in [0.29, 0.717) is 10.2 Å². The molecule has 0 bridgehead atoms. The highest BCUT2D eigenvalue weighted by Gasteiger charge is 2.16. The van der Waals surface area contributed by atoms with E-state index in [1.54, 1.807) is 7.11 Å². The van der Waals surface area contributed by atoms with Gasteiger partial charge in [-0.05, 0) is 42.7 Å². The largest absolute Gasteiger partial charge is 0.497 e. The summed E-state index contributed by atoms with van der Waals surface area (Å²) < 4.78 is 12.5. The van der Waals surface area contributed by atoms with Gasteiger partial charge in [-0.2, -0.15) is 0 Å². The van der Waals surface area contributed by atoms with Gasteiger partial charge >= 0.3 is 0 Å². The van der Waals surface area contributed by atoms with Gasteiger partial charge in [-0.3, -0.25) is 9.36 Å². The Morgan fingerprint density at radius 3 is 2.52 bits per heavy atom. The van der Waals surface area contributed by atoms with Crippen LogP contribution in [-0.2, 0) is 6.54 Å². The molecule has 0 spiro atoms. The van der Waals surface area contributed by atoms with Crippen LogP contribution in [0.4, 0.5) is 0 Å². The number of aryl methyl sites for hydroxylation is 2. The number of thiophene rings is 1. The van der Waals surface area contributed by atoms with Crippen molar-refractivity contribution in [2.45, 2.75) is 26.5 Å². The van der Waals surface area contributed by atoms with Crippen molar-refractivity contribution in [1.82, 2.24) is 9.55 Å². The van der Waals surface area contributed by atoms with E-state index in [1.165, 1.54) is 22.2 Å². The lowest BCUT2D eigenvalue weighted by atomic mass is 10.1. The predicted molar refractivity (Wildman–Crippen MR) is 123 cm³/mol. The summed E-state index contributed by atoms with van der Waals surface area (Å²) >= 11 is 1.43. The Kier molecular flexibility index (Phi) is 6.06. The van der Waals surface area contributed by atoms with Crippen LogP contribution in [0.3, 0.4) is 0 Å². The van der Waals surface area contributed by atoms with E-state index in [-0.39, 0.29) is 18.7 Å². The molecular weight excluding hydrogens is 412 g/mol. The summed E-state index contributed by atoms with van der Waals surface area (Å²) in [5.41, 5.74) is 3.59. The van der Waals surface area contributed by atoms with Crippen LogP contribution in [0.1, 0.15) is 11.1 Å². The van der Waals surface area contributed by atoms with E-state index in [4.69, 9.17) is 9.47 Å². The van der Waals surface area contributed by atoms with E-state index in [2.05, 4.69) is 4.98 Å². The zero-order valence-electron chi connectivity index (χ0n) is 17.7. The van der Waals surface area contributed by atoms with Crippen LogP contribution >= 0.6 is 11.3 Å². The summed E-state index contributed by atoms with van der Waals surface area (Å²) in [7, 11) is 1.62. The molecule has 160 valence electrons. The van der Waals surface area contributed by atoms with Crippen LogP contribution < -0.4 is 15.0 Å². The number of aromatic nitrogens is 2. The van der Waals surface area contributed by atoms with E-state index in [9.17, 15) is 9.90 Å². The van der Waals surface area contributed by atoms with Crippen LogP contribution in [0.25, 0.3) is 21.3 Å². The number of methoxy groups -OCH3 is 1. The topological polar surface area (TPSA) is 73.6 Å². The number of nitrogens with zero attached hydrogens (tertiary/aromatic N) is 2. The van der Waals surface area contributed by atoms with Gasteiger partial charge in [0.1, 0.15) is 29.0 Å². The molecule has 0 amide bonds. The number of fused-ring (bicyclic) bond motifs is 1. The molecule has 0 saturated heterocycles. The molecule has 7 heteroatoms. The Morgan fingerprint density at radius 2 is 1.84 bits per heavy atom. The number of ether oxygens (including phenoxy) is 2. The van der Waals surface area contributed by atoms with Gasteiger partial charge in [0.15, 0.2) is 0 Å². The quantitative estimate of drug-likeness (QED) is 0.470. The minimum Gasteiger partial charge on any atom is -0.497 e. The van der Waals surface area contributed by atoms with Crippen molar-refractivity contribution in [3.05, 3.63) is 75.7 Å². The van der Waals surface area contributed by atoms with E-state index in [0.717, 1.165) is 33.8 Å². The van der Waals surface area contributed by atoms with Crippen LogP contribution in [0, 0.1) is 13.8 Å². The molecule has 0 aliphatic carbocycles. The molecule has 0 aliphatic heterocycles. The fraction of sp³-hybridized carbons (Fsp3) is 0.250. The first-order valence-electron chi connectivity index (χ1n) is 9.96. The minimum atomic E-state index is -0.848. The summed E-state index contributed by atoms with van der Waals surface area (Å²) in [5, 5.41) is 13.0. The molecule has 0 fully saturated rings. The molecule has 0 radical (unpaired) electrons.